The first kappa shape index (κ1) is 17.6. The Morgan fingerprint density at radius 3 is 2.62 bits per heavy atom. The molecule has 0 radical (unpaired) electrons. The predicted molar refractivity (Wildman–Crippen MR) is 85.3 cm³/mol. The summed E-state index contributed by atoms with van der Waals surface area (Å²) in [4.78, 5) is 13.7. The van der Waals surface area contributed by atoms with Crippen molar-refractivity contribution in [2.75, 3.05) is 26.1 Å². The lowest BCUT2D eigenvalue weighted by atomic mass is 10.2. The summed E-state index contributed by atoms with van der Waals surface area (Å²) in [6.07, 6.45) is -0.130. The number of benzene rings is 1. The molecule has 5 nitrogen and oxygen atoms in total. The van der Waals surface area contributed by atoms with Gasteiger partial charge in [-0.1, -0.05) is 11.6 Å². The van der Waals surface area contributed by atoms with Gasteiger partial charge in [-0.15, -0.1) is 0 Å². The number of nitrogens with zero attached hydrogens (tertiary/aromatic N) is 1. The van der Waals surface area contributed by atoms with Crippen molar-refractivity contribution in [1.29, 1.82) is 0 Å². The van der Waals surface area contributed by atoms with Crippen molar-refractivity contribution in [2.45, 2.75) is 32.9 Å². The van der Waals surface area contributed by atoms with Gasteiger partial charge in [-0.2, -0.15) is 0 Å². The molecule has 0 heterocycles. The molecule has 1 N–H and O–H groups in total. The molecule has 0 saturated heterocycles. The number of urea groups is 1. The first-order valence-electron chi connectivity index (χ1n) is 6.84. The van der Waals surface area contributed by atoms with Crippen LogP contribution < -0.4 is 10.1 Å². The van der Waals surface area contributed by atoms with Crippen LogP contribution in [0.25, 0.3) is 0 Å². The fourth-order valence-corrected chi connectivity index (χ4v) is 1.80. The molecule has 0 aliphatic heterocycles. The van der Waals surface area contributed by atoms with Crippen molar-refractivity contribution in [3.8, 4) is 5.75 Å². The molecule has 118 valence electrons. The number of carbonyl (C=O) groups excluding carboxylic acids is 1. The zero-order valence-electron chi connectivity index (χ0n) is 13.1. The highest BCUT2D eigenvalue weighted by Gasteiger charge is 2.16. The average molecular weight is 315 g/mol. The number of anilines is 1. The topological polar surface area (TPSA) is 50.8 Å². The Kier molecular flexibility index (Phi) is 6.78. The van der Waals surface area contributed by atoms with E-state index >= 15 is 0 Å². The molecule has 6 heteroatoms. The van der Waals surface area contributed by atoms with Gasteiger partial charge in [0.1, 0.15) is 11.9 Å². The highest BCUT2D eigenvalue weighted by Crippen LogP contribution is 2.29. The van der Waals surface area contributed by atoms with Crippen LogP contribution in [0, 0.1) is 0 Å². The van der Waals surface area contributed by atoms with Crippen molar-refractivity contribution in [3.63, 3.8) is 0 Å². The molecule has 21 heavy (non-hydrogen) atoms. The van der Waals surface area contributed by atoms with Gasteiger partial charge in [-0.25, -0.2) is 4.79 Å². The Morgan fingerprint density at radius 2 is 2.05 bits per heavy atom. The van der Waals surface area contributed by atoms with Crippen LogP contribution in [0.15, 0.2) is 18.2 Å². The molecule has 0 fully saturated rings. The van der Waals surface area contributed by atoms with E-state index in [0.717, 1.165) is 0 Å². The van der Waals surface area contributed by atoms with Crippen molar-refractivity contribution in [3.05, 3.63) is 23.2 Å². The smallest absolute Gasteiger partial charge is 0.321 e. The van der Waals surface area contributed by atoms with E-state index in [4.69, 9.17) is 21.1 Å². The zero-order valence-corrected chi connectivity index (χ0v) is 13.9. The second kappa shape index (κ2) is 8.10. The third-order valence-electron chi connectivity index (χ3n) is 3.01. The maximum atomic E-state index is 12.1. The van der Waals surface area contributed by atoms with Crippen LogP contribution in [0.3, 0.4) is 0 Å². The molecule has 1 atom stereocenters. The van der Waals surface area contributed by atoms with Gasteiger partial charge in [0.2, 0.25) is 0 Å². The van der Waals surface area contributed by atoms with E-state index in [2.05, 4.69) is 5.32 Å². The summed E-state index contributed by atoms with van der Waals surface area (Å²) in [5, 5.41) is 3.35. The molecule has 0 aliphatic carbocycles. The van der Waals surface area contributed by atoms with E-state index in [-0.39, 0.29) is 18.2 Å². The average Bonchev–Trinajstić information content (AvgIpc) is 2.41. The normalized spacial score (nSPS) is 12.1. The lowest BCUT2D eigenvalue weighted by molar-refractivity contribution is 0.0925. The lowest BCUT2D eigenvalue weighted by Crippen LogP contribution is -2.36. The van der Waals surface area contributed by atoms with Crippen molar-refractivity contribution in [2.24, 2.45) is 0 Å². The van der Waals surface area contributed by atoms with E-state index in [1.807, 2.05) is 20.8 Å². The summed E-state index contributed by atoms with van der Waals surface area (Å²) in [6.45, 7) is 6.23. The van der Waals surface area contributed by atoms with Crippen LogP contribution in [0.2, 0.25) is 5.02 Å². The Hall–Kier alpha value is -1.46. The van der Waals surface area contributed by atoms with E-state index in [0.29, 0.717) is 23.1 Å². The monoisotopic (exact) mass is 314 g/mol. The van der Waals surface area contributed by atoms with Gasteiger partial charge in [0.25, 0.3) is 0 Å². The van der Waals surface area contributed by atoms with Crippen LogP contribution in [-0.2, 0) is 4.74 Å². The standard InChI is InChI=1S/C15H23ClN2O3/c1-10(2)18(4)15(19)17-13-8-12(16)6-7-14(13)21-11(3)9-20-5/h6-8,10-11H,9H2,1-5H3,(H,17,19)/t11-/m1/s1. The molecular formula is C15H23ClN2O3. The minimum atomic E-state index is -0.212. The summed E-state index contributed by atoms with van der Waals surface area (Å²) >= 11 is 5.99. The predicted octanol–water partition coefficient (Wildman–Crippen LogP) is 3.63. The summed E-state index contributed by atoms with van der Waals surface area (Å²) in [5.74, 6) is 0.564. The molecule has 0 bridgehead atoms. The molecule has 0 saturated carbocycles. The maximum absolute atomic E-state index is 12.1. The number of methoxy groups -OCH3 is 1. The molecule has 2 amide bonds. The van der Waals surface area contributed by atoms with Gasteiger partial charge >= 0.3 is 6.03 Å². The summed E-state index contributed by atoms with van der Waals surface area (Å²) in [7, 11) is 3.35. The number of halogens is 1. The van der Waals surface area contributed by atoms with E-state index in [9.17, 15) is 4.79 Å². The molecule has 0 aromatic heterocycles. The number of amides is 2. The second-order valence-electron chi connectivity index (χ2n) is 5.16. The molecule has 1 aromatic rings. The minimum absolute atomic E-state index is 0.0981. The summed E-state index contributed by atoms with van der Waals surface area (Å²) < 4.78 is 10.8. The SMILES string of the molecule is COC[C@@H](C)Oc1ccc(Cl)cc1NC(=O)N(C)C(C)C. The van der Waals surface area contributed by atoms with Gasteiger partial charge in [0.15, 0.2) is 0 Å². The van der Waals surface area contributed by atoms with Gasteiger partial charge in [-0.05, 0) is 39.0 Å². The fourth-order valence-electron chi connectivity index (χ4n) is 1.63. The lowest BCUT2D eigenvalue weighted by Gasteiger charge is -2.23. The summed E-state index contributed by atoms with van der Waals surface area (Å²) in [5.41, 5.74) is 0.544. The van der Waals surface area contributed by atoms with Crippen molar-refractivity contribution in [1.82, 2.24) is 4.90 Å². The fraction of sp³-hybridized carbons (Fsp3) is 0.533. The molecule has 1 aromatic carbocycles. The number of rotatable bonds is 6. The van der Waals surface area contributed by atoms with Gasteiger partial charge in [-0.3, -0.25) is 0 Å². The molecule has 0 aliphatic rings. The van der Waals surface area contributed by atoms with Gasteiger partial charge in [0.05, 0.1) is 12.3 Å². The summed E-state index contributed by atoms with van der Waals surface area (Å²) in [6, 6.07) is 5.01. The Bertz CT molecular complexity index is 480. The van der Waals surface area contributed by atoms with Gasteiger partial charge < -0.3 is 19.7 Å². The van der Waals surface area contributed by atoms with Gasteiger partial charge in [0, 0.05) is 25.2 Å². The second-order valence-corrected chi connectivity index (χ2v) is 5.60. The maximum Gasteiger partial charge on any atom is 0.321 e. The third kappa shape index (κ3) is 5.44. The molecule has 0 spiro atoms. The third-order valence-corrected chi connectivity index (χ3v) is 3.24. The quantitative estimate of drug-likeness (QED) is 0.872. The van der Waals surface area contributed by atoms with Crippen molar-refractivity contribution < 1.29 is 14.3 Å². The number of ether oxygens (including phenoxy) is 2. The Balaban J connectivity index is 2.89. The molecule has 0 unspecified atom stereocenters. The van der Waals surface area contributed by atoms with Crippen LogP contribution in [-0.4, -0.2) is 43.8 Å². The first-order chi connectivity index (χ1) is 9.85. The van der Waals surface area contributed by atoms with Crippen molar-refractivity contribution >= 4 is 23.3 Å². The van der Waals surface area contributed by atoms with E-state index in [1.54, 1.807) is 37.3 Å². The number of hydrogen-bond donors (Lipinski definition) is 1. The highest BCUT2D eigenvalue weighted by molar-refractivity contribution is 6.31. The van der Waals surface area contributed by atoms with Crippen LogP contribution in [0.1, 0.15) is 20.8 Å². The number of hydrogen-bond acceptors (Lipinski definition) is 3. The van der Waals surface area contributed by atoms with Crippen LogP contribution >= 0.6 is 11.6 Å². The van der Waals surface area contributed by atoms with Crippen LogP contribution in [0.4, 0.5) is 10.5 Å². The molecule has 1 rings (SSSR count). The van der Waals surface area contributed by atoms with E-state index in [1.165, 1.54) is 0 Å². The Morgan fingerprint density at radius 1 is 1.38 bits per heavy atom. The minimum Gasteiger partial charge on any atom is -0.486 e. The van der Waals surface area contributed by atoms with E-state index < -0.39 is 0 Å². The highest BCUT2D eigenvalue weighted by atomic mass is 35.5. The molecular weight excluding hydrogens is 292 g/mol. The number of carbonyl (C=O) groups is 1. The zero-order chi connectivity index (χ0) is 16.0. The Labute approximate surface area is 131 Å². The first-order valence-corrected chi connectivity index (χ1v) is 7.22. The van der Waals surface area contributed by atoms with Crippen LogP contribution in [0.5, 0.6) is 5.75 Å². The largest absolute Gasteiger partial charge is 0.486 e. The number of nitrogens with one attached hydrogen (secondary N) is 1.